The molecular formula is C17H25NO3. The lowest BCUT2D eigenvalue weighted by Gasteiger charge is -2.24. The number of unbranched alkanes of at least 4 members (excludes halogenated alkanes) is 1. The van der Waals surface area contributed by atoms with Gasteiger partial charge in [0.2, 0.25) is 0 Å². The molecule has 0 fully saturated rings. The maximum absolute atomic E-state index is 10.8. The summed E-state index contributed by atoms with van der Waals surface area (Å²) in [6.07, 6.45) is 2.27. The van der Waals surface area contributed by atoms with Crippen LogP contribution in [0.3, 0.4) is 0 Å². The van der Waals surface area contributed by atoms with Crippen molar-refractivity contribution in [2.45, 2.75) is 33.1 Å². The molecule has 0 aliphatic rings. The first-order valence-electron chi connectivity index (χ1n) is 7.37. The van der Waals surface area contributed by atoms with Crippen molar-refractivity contribution in [1.29, 1.82) is 0 Å². The highest BCUT2D eigenvalue weighted by Gasteiger charge is 2.09. The summed E-state index contributed by atoms with van der Waals surface area (Å²) in [5.41, 5.74) is 1.99. The zero-order chi connectivity index (χ0) is 15.7. The molecule has 0 aromatic heterocycles. The van der Waals surface area contributed by atoms with Crippen LogP contribution in [-0.2, 0) is 4.79 Å². The second kappa shape index (κ2) is 9.06. The molecule has 4 heteroatoms. The van der Waals surface area contributed by atoms with Crippen LogP contribution in [-0.4, -0.2) is 30.8 Å². The first-order valence-corrected chi connectivity index (χ1v) is 7.37. The van der Waals surface area contributed by atoms with Crippen LogP contribution in [0.5, 0.6) is 5.75 Å². The number of carboxylic acids is 1. The SMILES string of the molecule is C=C(C)CN(CCC(=O)O)c1ccc(OCCCC)cc1. The molecule has 0 saturated carbocycles. The fourth-order valence-corrected chi connectivity index (χ4v) is 1.94. The summed E-state index contributed by atoms with van der Waals surface area (Å²) in [4.78, 5) is 12.8. The molecule has 1 aromatic carbocycles. The Morgan fingerprint density at radius 3 is 2.52 bits per heavy atom. The van der Waals surface area contributed by atoms with Crippen LogP contribution in [0, 0.1) is 0 Å². The zero-order valence-corrected chi connectivity index (χ0v) is 13.0. The van der Waals surface area contributed by atoms with E-state index in [1.165, 1.54) is 0 Å². The summed E-state index contributed by atoms with van der Waals surface area (Å²) < 4.78 is 5.63. The minimum atomic E-state index is -0.791. The normalized spacial score (nSPS) is 10.2. The van der Waals surface area contributed by atoms with Crippen molar-refractivity contribution in [3.05, 3.63) is 36.4 Å². The lowest BCUT2D eigenvalue weighted by atomic mass is 10.2. The van der Waals surface area contributed by atoms with Gasteiger partial charge in [0.1, 0.15) is 5.75 Å². The van der Waals surface area contributed by atoms with Gasteiger partial charge in [-0.15, -0.1) is 0 Å². The summed E-state index contributed by atoms with van der Waals surface area (Å²) in [5.74, 6) is 0.0574. The van der Waals surface area contributed by atoms with Crippen molar-refractivity contribution < 1.29 is 14.6 Å². The minimum absolute atomic E-state index is 0.113. The molecule has 0 radical (unpaired) electrons. The number of ether oxygens (including phenoxy) is 1. The van der Waals surface area contributed by atoms with Crippen molar-refractivity contribution in [2.75, 3.05) is 24.6 Å². The Bertz CT molecular complexity index is 454. The van der Waals surface area contributed by atoms with Crippen LogP contribution in [0.15, 0.2) is 36.4 Å². The first kappa shape index (κ1) is 17.1. The van der Waals surface area contributed by atoms with Crippen molar-refractivity contribution >= 4 is 11.7 Å². The van der Waals surface area contributed by atoms with Gasteiger partial charge >= 0.3 is 5.97 Å². The van der Waals surface area contributed by atoms with Crippen molar-refractivity contribution in [2.24, 2.45) is 0 Å². The number of anilines is 1. The number of aliphatic carboxylic acids is 1. The lowest BCUT2D eigenvalue weighted by Crippen LogP contribution is -2.27. The number of nitrogens with zero attached hydrogens (tertiary/aromatic N) is 1. The van der Waals surface area contributed by atoms with Gasteiger partial charge in [0.25, 0.3) is 0 Å². The van der Waals surface area contributed by atoms with Crippen LogP contribution in [0.2, 0.25) is 0 Å². The van der Waals surface area contributed by atoms with Gasteiger partial charge in [-0.1, -0.05) is 25.5 Å². The van der Waals surface area contributed by atoms with E-state index in [4.69, 9.17) is 9.84 Å². The Kier molecular flexibility index (Phi) is 7.37. The molecule has 0 atom stereocenters. The van der Waals surface area contributed by atoms with E-state index in [2.05, 4.69) is 13.5 Å². The maximum Gasteiger partial charge on any atom is 0.305 e. The second-order valence-electron chi connectivity index (χ2n) is 5.22. The molecule has 0 spiro atoms. The summed E-state index contributed by atoms with van der Waals surface area (Å²) in [7, 11) is 0. The third-order valence-corrected chi connectivity index (χ3v) is 3.02. The first-order chi connectivity index (χ1) is 10.0. The van der Waals surface area contributed by atoms with Crippen molar-refractivity contribution in [3.63, 3.8) is 0 Å². The van der Waals surface area contributed by atoms with Gasteiger partial charge in [-0.2, -0.15) is 0 Å². The molecule has 21 heavy (non-hydrogen) atoms. The maximum atomic E-state index is 10.8. The topological polar surface area (TPSA) is 49.8 Å². The molecule has 1 aromatic rings. The Labute approximate surface area is 127 Å². The number of hydrogen-bond donors (Lipinski definition) is 1. The van der Waals surface area contributed by atoms with Crippen LogP contribution >= 0.6 is 0 Å². The average molecular weight is 291 g/mol. The van der Waals surface area contributed by atoms with E-state index in [1.54, 1.807) is 0 Å². The fraction of sp³-hybridized carbons (Fsp3) is 0.471. The van der Waals surface area contributed by atoms with Gasteiger partial charge in [0, 0.05) is 18.8 Å². The summed E-state index contributed by atoms with van der Waals surface area (Å²) >= 11 is 0. The molecule has 0 heterocycles. The van der Waals surface area contributed by atoms with Gasteiger partial charge in [0.15, 0.2) is 0 Å². The van der Waals surface area contributed by atoms with E-state index in [0.29, 0.717) is 13.1 Å². The van der Waals surface area contributed by atoms with Gasteiger partial charge in [-0.05, 0) is 37.6 Å². The predicted molar refractivity (Wildman–Crippen MR) is 86.1 cm³/mol. The third kappa shape index (κ3) is 6.84. The quantitative estimate of drug-likeness (QED) is 0.527. The predicted octanol–water partition coefficient (Wildman–Crippen LogP) is 3.72. The van der Waals surface area contributed by atoms with E-state index in [0.717, 1.165) is 36.5 Å². The van der Waals surface area contributed by atoms with Crippen LogP contribution < -0.4 is 9.64 Å². The summed E-state index contributed by atoms with van der Waals surface area (Å²) in [5, 5.41) is 8.84. The Balaban J connectivity index is 2.68. The van der Waals surface area contributed by atoms with E-state index >= 15 is 0 Å². The van der Waals surface area contributed by atoms with E-state index in [9.17, 15) is 4.79 Å². The molecule has 0 amide bonds. The number of benzene rings is 1. The third-order valence-electron chi connectivity index (χ3n) is 3.02. The number of carboxylic acid groups (broad SMARTS) is 1. The fourth-order valence-electron chi connectivity index (χ4n) is 1.94. The number of rotatable bonds is 10. The average Bonchev–Trinajstić information content (AvgIpc) is 2.44. The minimum Gasteiger partial charge on any atom is -0.494 e. The Hall–Kier alpha value is -1.97. The van der Waals surface area contributed by atoms with Gasteiger partial charge in [0.05, 0.1) is 13.0 Å². The highest BCUT2D eigenvalue weighted by atomic mass is 16.5. The van der Waals surface area contributed by atoms with Crippen LogP contribution in [0.1, 0.15) is 33.1 Å². The molecule has 0 bridgehead atoms. The van der Waals surface area contributed by atoms with Gasteiger partial charge in [-0.25, -0.2) is 0 Å². The van der Waals surface area contributed by atoms with E-state index in [1.807, 2.05) is 36.1 Å². The summed E-state index contributed by atoms with van der Waals surface area (Å²) in [6, 6.07) is 7.78. The lowest BCUT2D eigenvalue weighted by molar-refractivity contribution is -0.136. The monoisotopic (exact) mass is 291 g/mol. The molecule has 0 saturated heterocycles. The van der Waals surface area contributed by atoms with Crippen LogP contribution in [0.4, 0.5) is 5.69 Å². The number of hydrogen-bond acceptors (Lipinski definition) is 3. The molecule has 0 aliphatic heterocycles. The Morgan fingerprint density at radius 1 is 1.33 bits per heavy atom. The smallest absolute Gasteiger partial charge is 0.305 e. The molecule has 1 rings (SSSR count). The van der Waals surface area contributed by atoms with E-state index in [-0.39, 0.29) is 6.42 Å². The van der Waals surface area contributed by atoms with Crippen LogP contribution in [0.25, 0.3) is 0 Å². The highest BCUT2D eigenvalue weighted by molar-refractivity contribution is 5.67. The van der Waals surface area contributed by atoms with Gasteiger partial charge < -0.3 is 14.7 Å². The standard InChI is InChI=1S/C17H25NO3/c1-4-5-12-21-16-8-6-15(7-9-16)18(13-14(2)3)11-10-17(19)20/h6-9H,2,4-5,10-13H2,1,3H3,(H,19,20). The largest absolute Gasteiger partial charge is 0.494 e. The molecule has 0 aliphatic carbocycles. The zero-order valence-electron chi connectivity index (χ0n) is 13.0. The molecule has 116 valence electrons. The summed E-state index contributed by atoms with van der Waals surface area (Å²) in [6.45, 7) is 9.82. The second-order valence-corrected chi connectivity index (χ2v) is 5.22. The van der Waals surface area contributed by atoms with E-state index < -0.39 is 5.97 Å². The van der Waals surface area contributed by atoms with Crippen molar-refractivity contribution in [1.82, 2.24) is 0 Å². The van der Waals surface area contributed by atoms with Gasteiger partial charge in [-0.3, -0.25) is 4.79 Å². The Morgan fingerprint density at radius 2 is 2.00 bits per heavy atom. The number of carbonyl (C=O) groups is 1. The molecule has 0 unspecified atom stereocenters. The highest BCUT2D eigenvalue weighted by Crippen LogP contribution is 2.20. The van der Waals surface area contributed by atoms with Crippen molar-refractivity contribution in [3.8, 4) is 5.75 Å². The molecule has 4 nitrogen and oxygen atoms in total. The molecule has 1 N–H and O–H groups in total. The molecular weight excluding hydrogens is 266 g/mol.